The fourth-order valence-corrected chi connectivity index (χ4v) is 5.55. The Balaban J connectivity index is 1.33. The standard InChI is InChI=1S/C29H26ClFN6O/c30-24-8-5-20(15-25(24)31)19-6-9-27-23(14-19)29(34-37(27)28-3-1-2-12-38-28)26-17-36(35-33-26)22-7-4-18-10-11-32-16-21(18)13-22/h4-9,13-15,17,28,32H,1-3,10-12,16H2. The van der Waals surface area contributed by atoms with Crippen LogP contribution in [0, 0.1) is 5.82 Å². The molecule has 0 radical (unpaired) electrons. The van der Waals surface area contributed by atoms with Crippen molar-refractivity contribution in [3.8, 4) is 28.2 Å². The predicted molar refractivity (Wildman–Crippen MR) is 145 cm³/mol. The van der Waals surface area contributed by atoms with Gasteiger partial charge in [0.15, 0.2) is 6.23 Å². The molecule has 3 aromatic carbocycles. The number of hydrogen-bond acceptors (Lipinski definition) is 5. The summed E-state index contributed by atoms with van der Waals surface area (Å²) in [5.41, 5.74) is 7.56. The van der Waals surface area contributed by atoms with Crippen LogP contribution in [0.2, 0.25) is 5.02 Å². The van der Waals surface area contributed by atoms with Gasteiger partial charge in [-0.2, -0.15) is 5.10 Å². The van der Waals surface area contributed by atoms with Crippen LogP contribution in [0.5, 0.6) is 0 Å². The summed E-state index contributed by atoms with van der Waals surface area (Å²) in [5.74, 6) is -0.445. The van der Waals surface area contributed by atoms with Crippen molar-refractivity contribution in [2.24, 2.45) is 0 Å². The zero-order chi connectivity index (χ0) is 25.6. The minimum absolute atomic E-state index is 0.104. The van der Waals surface area contributed by atoms with Crippen LogP contribution in [0.3, 0.4) is 0 Å². The third-order valence-electron chi connectivity index (χ3n) is 7.46. The fraction of sp³-hybridized carbons (Fsp3) is 0.276. The first kappa shape index (κ1) is 23.5. The lowest BCUT2D eigenvalue weighted by molar-refractivity contribution is -0.0365. The van der Waals surface area contributed by atoms with E-state index in [1.165, 1.54) is 17.2 Å². The highest BCUT2D eigenvalue weighted by Gasteiger charge is 2.23. The van der Waals surface area contributed by atoms with E-state index in [1.54, 1.807) is 10.7 Å². The summed E-state index contributed by atoms with van der Waals surface area (Å²) in [6.07, 6.45) is 5.86. The van der Waals surface area contributed by atoms with Crippen molar-refractivity contribution in [1.29, 1.82) is 0 Å². The molecule has 0 bridgehead atoms. The van der Waals surface area contributed by atoms with Crippen LogP contribution in [0.15, 0.2) is 60.8 Å². The van der Waals surface area contributed by atoms with Gasteiger partial charge in [-0.25, -0.2) is 13.8 Å². The zero-order valence-corrected chi connectivity index (χ0v) is 21.5. The number of aromatic nitrogens is 5. The summed E-state index contributed by atoms with van der Waals surface area (Å²) in [4.78, 5) is 0. The average molecular weight is 529 g/mol. The third-order valence-corrected chi connectivity index (χ3v) is 7.77. The van der Waals surface area contributed by atoms with Crippen LogP contribution in [0.25, 0.3) is 39.1 Å². The second-order valence-corrected chi connectivity index (χ2v) is 10.3. The van der Waals surface area contributed by atoms with E-state index >= 15 is 0 Å². The Bertz CT molecular complexity index is 1650. The maximum atomic E-state index is 14.2. The minimum atomic E-state index is -0.445. The summed E-state index contributed by atoms with van der Waals surface area (Å²) >= 11 is 5.93. The van der Waals surface area contributed by atoms with Crippen molar-refractivity contribution in [3.63, 3.8) is 0 Å². The quantitative estimate of drug-likeness (QED) is 0.306. The molecule has 5 aromatic rings. The van der Waals surface area contributed by atoms with Crippen molar-refractivity contribution >= 4 is 22.5 Å². The zero-order valence-electron chi connectivity index (χ0n) is 20.7. The Morgan fingerprint density at radius 3 is 2.76 bits per heavy atom. The van der Waals surface area contributed by atoms with Gasteiger partial charge in [0.1, 0.15) is 17.2 Å². The maximum absolute atomic E-state index is 14.2. The van der Waals surface area contributed by atoms with E-state index in [0.717, 1.165) is 72.2 Å². The largest absolute Gasteiger partial charge is 0.356 e. The smallest absolute Gasteiger partial charge is 0.150 e. The molecule has 2 aromatic heterocycles. The van der Waals surface area contributed by atoms with Crippen LogP contribution < -0.4 is 5.32 Å². The molecular formula is C29H26ClFN6O. The summed E-state index contributed by atoms with van der Waals surface area (Å²) in [6.45, 7) is 2.58. The van der Waals surface area contributed by atoms with E-state index in [9.17, 15) is 4.39 Å². The highest BCUT2D eigenvalue weighted by atomic mass is 35.5. The Hall–Kier alpha value is -3.59. The summed E-state index contributed by atoms with van der Waals surface area (Å²) in [6, 6.07) is 17.3. The number of rotatable bonds is 4. The number of nitrogens with zero attached hydrogens (tertiary/aromatic N) is 5. The monoisotopic (exact) mass is 528 g/mol. The van der Waals surface area contributed by atoms with Crippen molar-refractivity contribution in [1.82, 2.24) is 30.1 Å². The van der Waals surface area contributed by atoms with E-state index in [-0.39, 0.29) is 11.3 Å². The normalized spacial score (nSPS) is 17.6. The molecule has 192 valence electrons. The summed E-state index contributed by atoms with van der Waals surface area (Å²) in [5, 5.41) is 18.4. The van der Waals surface area contributed by atoms with Crippen LogP contribution in [0.1, 0.15) is 36.6 Å². The topological polar surface area (TPSA) is 69.8 Å². The lowest BCUT2D eigenvalue weighted by Crippen LogP contribution is -2.23. The number of nitrogens with one attached hydrogen (secondary N) is 1. The number of ether oxygens (including phenoxy) is 1. The first-order valence-electron chi connectivity index (χ1n) is 13.0. The van der Waals surface area contributed by atoms with Gasteiger partial charge in [-0.1, -0.05) is 35.0 Å². The third kappa shape index (κ3) is 4.18. The van der Waals surface area contributed by atoms with Gasteiger partial charge >= 0.3 is 0 Å². The van der Waals surface area contributed by atoms with Crippen molar-refractivity contribution < 1.29 is 9.13 Å². The molecule has 9 heteroatoms. The molecule has 0 spiro atoms. The molecule has 1 saturated heterocycles. The maximum Gasteiger partial charge on any atom is 0.150 e. The van der Waals surface area contributed by atoms with Gasteiger partial charge in [0.2, 0.25) is 0 Å². The number of benzene rings is 3. The molecule has 0 saturated carbocycles. The van der Waals surface area contributed by atoms with E-state index in [1.807, 2.05) is 35.1 Å². The highest BCUT2D eigenvalue weighted by Crippen LogP contribution is 2.35. The number of fused-ring (bicyclic) bond motifs is 2. The molecule has 1 unspecified atom stereocenters. The highest BCUT2D eigenvalue weighted by molar-refractivity contribution is 6.30. The first-order valence-corrected chi connectivity index (χ1v) is 13.4. The Kier molecular flexibility index (Phi) is 5.95. The van der Waals surface area contributed by atoms with Gasteiger partial charge in [-0.3, -0.25) is 0 Å². The van der Waals surface area contributed by atoms with E-state index < -0.39 is 5.82 Å². The molecular weight excluding hydrogens is 503 g/mol. The molecule has 38 heavy (non-hydrogen) atoms. The second-order valence-electron chi connectivity index (χ2n) is 9.90. The van der Waals surface area contributed by atoms with Gasteiger partial charge in [0.05, 0.1) is 22.4 Å². The van der Waals surface area contributed by atoms with Crippen LogP contribution in [-0.4, -0.2) is 37.9 Å². The van der Waals surface area contributed by atoms with Crippen LogP contribution in [0.4, 0.5) is 4.39 Å². The fourth-order valence-electron chi connectivity index (χ4n) is 5.43. The molecule has 0 aliphatic carbocycles. The Morgan fingerprint density at radius 1 is 1.00 bits per heavy atom. The van der Waals surface area contributed by atoms with Gasteiger partial charge in [-0.15, -0.1) is 5.10 Å². The van der Waals surface area contributed by atoms with E-state index in [0.29, 0.717) is 12.3 Å². The van der Waals surface area contributed by atoms with Gasteiger partial charge in [0, 0.05) is 18.5 Å². The van der Waals surface area contributed by atoms with Gasteiger partial charge in [-0.05, 0) is 90.9 Å². The van der Waals surface area contributed by atoms with Crippen molar-refractivity contribution in [3.05, 3.63) is 82.8 Å². The second kappa shape index (κ2) is 9.62. The number of halogens is 2. The first-order chi connectivity index (χ1) is 18.6. The summed E-state index contributed by atoms with van der Waals surface area (Å²) in [7, 11) is 0. The lowest BCUT2D eigenvalue weighted by atomic mass is 10.0. The minimum Gasteiger partial charge on any atom is -0.356 e. The predicted octanol–water partition coefficient (Wildman–Crippen LogP) is 6.09. The van der Waals surface area contributed by atoms with Crippen molar-refractivity contribution in [2.75, 3.05) is 13.2 Å². The molecule has 0 amide bonds. The molecule has 7 nitrogen and oxygen atoms in total. The van der Waals surface area contributed by atoms with E-state index in [4.69, 9.17) is 21.4 Å². The Morgan fingerprint density at radius 2 is 1.89 bits per heavy atom. The molecule has 2 aliphatic rings. The summed E-state index contributed by atoms with van der Waals surface area (Å²) < 4.78 is 24.1. The molecule has 1 N–H and O–H groups in total. The molecule has 4 heterocycles. The lowest BCUT2D eigenvalue weighted by Gasteiger charge is -2.23. The SMILES string of the molecule is Fc1cc(-c2ccc3c(c2)c(-c2cn(-c4ccc5c(c4)CNCC5)nn2)nn3C2CCCCO2)ccc1Cl. The van der Waals surface area contributed by atoms with Crippen LogP contribution in [-0.2, 0) is 17.7 Å². The molecule has 2 aliphatic heterocycles. The van der Waals surface area contributed by atoms with Crippen LogP contribution >= 0.6 is 11.6 Å². The van der Waals surface area contributed by atoms with E-state index in [2.05, 4.69) is 33.8 Å². The number of hydrogen-bond donors (Lipinski definition) is 1. The van der Waals surface area contributed by atoms with Gasteiger partial charge in [0.25, 0.3) is 0 Å². The van der Waals surface area contributed by atoms with Crippen molar-refractivity contribution in [2.45, 2.75) is 38.5 Å². The molecule has 1 atom stereocenters. The molecule has 7 rings (SSSR count). The van der Waals surface area contributed by atoms with Gasteiger partial charge < -0.3 is 10.1 Å². The molecule has 1 fully saturated rings. The average Bonchev–Trinajstić information content (AvgIpc) is 3.60. The Labute approximate surface area is 224 Å².